The Labute approximate surface area is 174 Å². The summed E-state index contributed by atoms with van der Waals surface area (Å²) in [5, 5.41) is 3.73. The van der Waals surface area contributed by atoms with E-state index in [2.05, 4.69) is 5.32 Å². The van der Waals surface area contributed by atoms with Gasteiger partial charge in [-0.05, 0) is 38.0 Å². The standard InChI is InChI=1S/C19H24Cl2N2O5/c1-2-27-19(26)6-5-18(25)23-9-7-14(8-10-23)22-17(24)12-28-16-4-3-13(20)11-15(16)21/h3-4,11,14H,2,5-10,12H2,1H3,(H,22,24). The second-order valence-electron chi connectivity index (χ2n) is 6.39. The van der Waals surface area contributed by atoms with Crippen molar-refractivity contribution in [3.8, 4) is 5.75 Å². The van der Waals surface area contributed by atoms with Gasteiger partial charge >= 0.3 is 5.97 Å². The summed E-state index contributed by atoms with van der Waals surface area (Å²) in [4.78, 5) is 37.3. The molecule has 7 nitrogen and oxygen atoms in total. The Bertz CT molecular complexity index is 706. The van der Waals surface area contributed by atoms with Crippen LogP contribution in [0.5, 0.6) is 5.75 Å². The number of ether oxygens (including phenoxy) is 2. The fourth-order valence-electron chi connectivity index (χ4n) is 2.88. The maximum atomic E-state index is 12.1. The smallest absolute Gasteiger partial charge is 0.306 e. The van der Waals surface area contributed by atoms with Gasteiger partial charge in [0.15, 0.2) is 6.61 Å². The third-order valence-corrected chi connectivity index (χ3v) is 4.84. The summed E-state index contributed by atoms with van der Waals surface area (Å²) in [5.74, 6) is -0.293. The lowest BCUT2D eigenvalue weighted by Gasteiger charge is -2.32. The summed E-state index contributed by atoms with van der Waals surface area (Å²) in [7, 11) is 0. The van der Waals surface area contributed by atoms with E-state index in [1.165, 1.54) is 0 Å². The van der Waals surface area contributed by atoms with Crippen LogP contribution >= 0.6 is 23.2 Å². The van der Waals surface area contributed by atoms with E-state index >= 15 is 0 Å². The molecule has 0 radical (unpaired) electrons. The van der Waals surface area contributed by atoms with Gasteiger partial charge in [-0.2, -0.15) is 0 Å². The normalized spacial score (nSPS) is 14.5. The van der Waals surface area contributed by atoms with Crippen molar-refractivity contribution in [1.82, 2.24) is 10.2 Å². The number of halogens is 2. The highest BCUT2D eigenvalue weighted by Crippen LogP contribution is 2.27. The monoisotopic (exact) mass is 430 g/mol. The molecular formula is C19H24Cl2N2O5. The molecule has 0 bridgehead atoms. The first kappa shape index (κ1) is 22.3. The van der Waals surface area contributed by atoms with Crippen molar-refractivity contribution >= 4 is 41.0 Å². The molecule has 9 heteroatoms. The number of rotatable bonds is 8. The average Bonchev–Trinajstić information content (AvgIpc) is 2.66. The zero-order chi connectivity index (χ0) is 20.5. The fraction of sp³-hybridized carbons (Fsp3) is 0.526. The van der Waals surface area contributed by atoms with Crippen molar-refractivity contribution in [2.24, 2.45) is 0 Å². The Morgan fingerprint density at radius 1 is 1.18 bits per heavy atom. The summed E-state index contributed by atoms with van der Waals surface area (Å²) < 4.78 is 10.2. The van der Waals surface area contributed by atoms with Crippen LogP contribution in [0.25, 0.3) is 0 Å². The van der Waals surface area contributed by atoms with E-state index in [0.717, 1.165) is 0 Å². The van der Waals surface area contributed by atoms with Gasteiger partial charge < -0.3 is 19.7 Å². The van der Waals surface area contributed by atoms with Crippen LogP contribution in [0.2, 0.25) is 10.0 Å². The van der Waals surface area contributed by atoms with Crippen LogP contribution in [-0.2, 0) is 19.1 Å². The highest BCUT2D eigenvalue weighted by Gasteiger charge is 2.24. The van der Waals surface area contributed by atoms with Gasteiger partial charge in [0, 0.05) is 30.6 Å². The maximum absolute atomic E-state index is 12.1. The number of nitrogens with zero attached hydrogens (tertiary/aromatic N) is 1. The van der Waals surface area contributed by atoms with Crippen molar-refractivity contribution in [3.05, 3.63) is 28.2 Å². The Hall–Kier alpha value is -1.99. The number of likely N-dealkylation sites (tertiary alicyclic amines) is 1. The minimum atomic E-state index is -0.362. The summed E-state index contributed by atoms with van der Waals surface area (Å²) in [6.45, 7) is 2.97. The molecule has 1 aromatic rings. The van der Waals surface area contributed by atoms with E-state index < -0.39 is 0 Å². The zero-order valence-electron chi connectivity index (χ0n) is 15.7. The van der Waals surface area contributed by atoms with E-state index in [1.54, 1.807) is 30.0 Å². The van der Waals surface area contributed by atoms with Crippen LogP contribution in [0.15, 0.2) is 18.2 Å². The van der Waals surface area contributed by atoms with Gasteiger partial charge in [-0.3, -0.25) is 14.4 Å². The first-order chi connectivity index (χ1) is 13.4. The minimum absolute atomic E-state index is 0.0223. The van der Waals surface area contributed by atoms with Gasteiger partial charge in [-0.1, -0.05) is 23.2 Å². The minimum Gasteiger partial charge on any atom is -0.482 e. The van der Waals surface area contributed by atoms with E-state index in [1.807, 2.05) is 0 Å². The number of hydrogen-bond donors (Lipinski definition) is 1. The number of hydrogen-bond acceptors (Lipinski definition) is 5. The third kappa shape index (κ3) is 7.20. The first-order valence-corrected chi connectivity index (χ1v) is 9.95. The highest BCUT2D eigenvalue weighted by atomic mass is 35.5. The molecule has 2 rings (SSSR count). The van der Waals surface area contributed by atoms with Crippen molar-refractivity contribution in [3.63, 3.8) is 0 Å². The molecule has 0 unspecified atom stereocenters. The van der Waals surface area contributed by atoms with Crippen LogP contribution in [0.3, 0.4) is 0 Å². The SMILES string of the molecule is CCOC(=O)CCC(=O)N1CCC(NC(=O)COc2ccc(Cl)cc2Cl)CC1. The number of benzene rings is 1. The third-order valence-electron chi connectivity index (χ3n) is 4.31. The molecule has 1 aliphatic heterocycles. The lowest BCUT2D eigenvalue weighted by Crippen LogP contribution is -2.47. The van der Waals surface area contributed by atoms with E-state index in [-0.39, 0.29) is 43.3 Å². The molecule has 28 heavy (non-hydrogen) atoms. The van der Waals surface area contributed by atoms with E-state index in [0.29, 0.717) is 48.3 Å². The maximum Gasteiger partial charge on any atom is 0.306 e. The van der Waals surface area contributed by atoms with Crippen LogP contribution < -0.4 is 10.1 Å². The van der Waals surface area contributed by atoms with Gasteiger partial charge in [0.25, 0.3) is 5.91 Å². The molecular weight excluding hydrogens is 407 g/mol. The summed E-state index contributed by atoms with van der Waals surface area (Å²) >= 11 is 11.8. The average molecular weight is 431 g/mol. The molecule has 1 heterocycles. The predicted octanol–water partition coefficient (Wildman–Crippen LogP) is 2.82. The van der Waals surface area contributed by atoms with Crippen LogP contribution in [0.4, 0.5) is 0 Å². The summed E-state index contributed by atoms with van der Waals surface area (Å²) in [6.07, 6.45) is 1.54. The highest BCUT2D eigenvalue weighted by molar-refractivity contribution is 6.35. The Kier molecular flexibility index (Phi) is 8.86. The number of carbonyl (C=O) groups is 3. The molecule has 1 fully saturated rings. The number of nitrogens with one attached hydrogen (secondary N) is 1. The molecule has 1 N–H and O–H groups in total. The predicted molar refractivity (Wildman–Crippen MR) is 106 cm³/mol. The Balaban J connectivity index is 1.68. The number of carbonyl (C=O) groups excluding carboxylic acids is 3. The molecule has 1 aromatic carbocycles. The number of amides is 2. The molecule has 0 saturated carbocycles. The largest absolute Gasteiger partial charge is 0.482 e. The van der Waals surface area contributed by atoms with Crippen LogP contribution in [0.1, 0.15) is 32.6 Å². The van der Waals surface area contributed by atoms with Crippen molar-refractivity contribution in [1.29, 1.82) is 0 Å². The quantitative estimate of drug-likeness (QED) is 0.640. The second kappa shape index (κ2) is 11.1. The van der Waals surface area contributed by atoms with E-state index in [9.17, 15) is 14.4 Å². The van der Waals surface area contributed by atoms with Gasteiger partial charge in [0.1, 0.15) is 5.75 Å². The lowest BCUT2D eigenvalue weighted by atomic mass is 10.0. The second-order valence-corrected chi connectivity index (χ2v) is 7.23. The molecule has 1 aliphatic rings. The van der Waals surface area contributed by atoms with Gasteiger partial charge in [-0.25, -0.2) is 0 Å². The molecule has 2 amide bonds. The fourth-order valence-corrected chi connectivity index (χ4v) is 3.34. The molecule has 0 spiro atoms. The number of esters is 1. The summed E-state index contributed by atoms with van der Waals surface area (Å²) in [6, 6.07) is 4.77. The molecule has 1 saturated heterocycles. The van der Waals surface area contributed by atoms with Crippen LogP contribution in [0, 0.1) is 0 Å². The lowest BCUT2D eigenvalue weighted by molar-refractivity contribution is -0.146. The molecule has 0 aliphatic carbocycles. The summed E-state index contributed by atoms with van der Waals surface area (Å²) in [5.41, 5.74) is 0. The molecule has 0 aromatic heterocycles. The van der Waals surface area contributed by atoms with Crippen LogP contribution in [-0.4, -0.2) is 55.0 Å². The first-order valence-electron chi connectivity index (χ1n) is 9.19. The van der Waals surface area contributed by atoms with Gasteiger partial charge in [0.2, 0.25) is 5.91 Å². The molecule has 0 atom stereocenters. The van der Waals surface area contributed by atoms with Gasteiger partial charge in [-0.15, -0.1) is 0 Å². The van der Waals surface area contributed by atoms with Gasteiger partial charge in [0.05, 0.1) is 18.1 Å². The molecule has 154 valence electrons. The number of piperidine rings is 1. The van der Waals surface area contributed by atoms with E-state index in [4.69, 9.17) is 32.7 Å². The Morgan fingerprint density at radius 3 is 2.54 bits per heavy atom. The van der Waals surface area contributed by atoms with Crippen molar-refractivity contribution < 1.29 is 23.9 Å². The van der Waals surface area contributed by atoms with Crippen molar-refractivity contribution in [2.45, 2.75) is 38.6 Å². The van der Waals surface area contributed by atoms with Crippen molar-refractivity contribution in [2.75, 3.05) is 26.3 Å². The topological polar surface area (TPSA) is 84.9 Å². The zero-order valence-corrected chi connectivity index (χ0v) is 17.2. The Morgan fingerprint density at radius 2 is 1.89 bits per heavy atom.